The summed E-state index contributed by atoms with van der Waals surface area (Å²) >= 11 is 0. The van der Waals surface area contributed by atoms with E-state index in [0.29, 0.717) is 0 Å². The minimum Gasteiger partial charge on any atom is -0.0654 e. The Balaban J connectivity index is 3.96. The lowest BCUT2D eigenvalue weighted by Crippen LogP contribution is -2.13. The third-order valence-corrected chi connectivity index (χ3v) is 3.78. The smallest absolute Gasteiger partial charge is 0.0388 e. The van der Waals surface area contributed by atoms with Gasteiger partial charge in [-0.05, 0) is 30.1 Å². The third-order valence-electron chi connectivity index (χ3n) is 3.78. The molecule has 0 fully saturated rings. The van der Waals surface area contributed by atoms with Crippen molar-refractivity contribution >= 4 is 0 Å². The first-order chi connectivity index (χ1) is 7.47. The lowest BCUT2D eigenvalue weighted by atomic mass is 9.81. The van der Waals surface area contributed by atoms with Gasteiger partial charge in [0, 0.05) is 0 Å². The standard InChI is InChI=1S/C16H34/c1-7-8-16(12-10-14(4)5)15(6)11-9-13(2)3/h13-16H,7-12H2,1-6H3. The van der Waals surface area contributed by atoms with Crippen molar-refractivity contribution in [3.8, 4) is 0 Å². The molecule has 0 aromatic carbocycles. The summed E-state index contributed by atoms with van der Waals surface area (Å²) in [6.45, 7) is 14.2. The second kappa shape index (κ2) is 9.07. The summed E-state index contributed by atoms with van der Waals surface area (Å²) < 4.78 is 0. The van der Waals surface area contributed by atoms with E-state index in [-0.39, 0.29) is 0 Å². The Kier molecular flexibility index (Phi) is 9.07. The highest BCUT2D eigenvalue weighted by Crippen LogP contribution is 2.28. The van der Waals surface area contributed by atoms with Crippen molar-refractivity contribution in [1.29, 1.82) is 0 Å². The maximum absolute atomic E-state index is 2.48. The van der Waals surface area contributed by atoms with Crippen LogP contribution >= 0.6 is 0 Å². The number of hydrogen-bond donors (Lipinski definition) is 0. The van der Waals surface area contributed by atoms with Crippen molar-refractivity contribution in [1.82, 2.24) is 0 Å². The lowest BCUT2D eigenvalue weighted by molar-refractivity contribution is 0.266. The first-order valence-electron chi connectivity index (χ1n) is 7.47. The molecule has 2 unspecified atom stereocenters. The topological polar surface area (TPSA) is 0 Å². The van der Waals surface area contributed by atoms with Crippen LogP contribution in [-0.2, 0) is 0 Å². The first kappa shape index (κ1) is 16.0. The quantitative estimate of drug-likeness (QED) is 0.458. The molecule has 0 radical (unpaired) electrons. The molecule has 0 aliphatic rings. The molecule has 0 aliphatic heterocycles. The van der Waals surface area contributed by atoms with Gasteiger partial charge in [-0.3, -0.25) is 0 Å². The summed E-state index contributed by atoms with van der Waals surface area (Å²) in [5.74, 6) is 3.65. The summed E-state index contributed by atoms with van der Waals surface area (Å²) in [6, 6.07) is 0. The Labute approximate surface area is 104 Å². The zero-order valence-corrected chi connectivity index (χ0v) is 12.6. The molecular weight excluding hydrogens is 192 g/mol. The summed E-state index contributed by atoms with van der Waals surface area (Å²) in [5, 5.41) is 0. The molecule has 0 nitrogen and oxygen atoms in total. The molecular formula is C16H34. The second-order valence-electron chi connectivity index (χ2n) is 6.47. The fourth-order valence-corrected chi connectivity index (χ4v) is 2.46. The highest BCUT2D eigenvalue weighted by atomic mass is 14.2. The van der Waals surface area contributed by atoms with E-state index in [1.54, 1.807) is 0 Å². The molecule has 0 aliphatic carbocycles. The Bertz CT molecular complexity index is 146. The van der Waals surface area contributed by atoms with Crippen LogP contribution in [-0.4, -0.2) is 0 Å². The molecule has 0 amide bonds. The Morgan fingerprint density at radius 3 is 1.56 bits per heavy atom. The van der Waals surface area contributed by atoms with E-state index in [1.165, 1.54) is 38.5 Å². The van der Waals surface area contributed by atoms with Crippen LogP contribution in [0.3, 0.4) is 0 Å². The molecule has 0 rings (SSSR count). The van der Waals surface area contributed by atoms with E-state index in [1.807, 2.05) is 0 Å². The van der Waals surface area contributed by atoms with Crippen molar-refractivity contribution in [2.45, 2.75) is 80.1 Å². The van der Waals surface area contributed by atoms with E-state index < -0.39 is 0 Å². The van der Waals surface area contributed by atoms with Gasteiger partial charge >= 0.3 is 0 Å². The SMILES string of the molecule is CCCC(CCC(C)C)C(C)CCC(C)C. The predicted molar refractivity (Wildman–Crippen MR) is 75.7 cm³/mol. The van der Waals surface area contributed by atoms with E-state index in [4.69, 9.17) is 0 Å². The summed E-state index contributed by atoms with van der Waals surface area (Å²) in [4.78, 5) is 0. The van der Waals surface area contributed by atoms with E-state index in [2.05, 4.69) is 41.5 Å². The molecule has 0 aromatic rings. The Morgan fingerprint density at radius 1 is 0.625 bits per heavy atom. The molecule has 16 heavy (non-hydrogen) atoms. The maximum atomic E-state index is 2.48. The third kappa shape index (κ3) is 8.19. The van der Waals surface area contributed by atoms with Crippen LogP contribution in [0.25, 0.3) is 0 Å². The average molecular weight is 226 g/mol. The molecule has 0 saturated carbocycles. The molecule has 0 heterocycles. The molecule has 0 spiro atoms. The molecule has 2 atom stereocenters. The Morgan fingerprint density at radius 2 is 1.12 bits per heavy atom. The fourth-order valence-electron chi connectivity index (χ4n) is 2.46. The lowest BCUT2D eigenvalue weighted by Gasteiger charge is -2.25. The van der Waals surface area contributed by atoms with Gasteiger partial charge in [-0.1, -0.05) is 73.6 Å². The second-order valence-corrected chi connectivity index (χ2v) is 6.47. The largest absolute Gasteiger partial charge is 0.0654 e. The van der Waals surface area contributed by atoms with Crippen molar-refractivity contribution < 1.29 is 0 Å². The van der Waals surface area contributed by atoms with Crippen LogP contribution < -0.4 is 0 Å². The van der Waals surface area contributed by atoms with Crippen LogP contribution in [0, 0.1) is 23.7 Å². The Hall–Kier alpha value is 0. The monoisotopic (exact) mass is 226 g/mol. The van der Waals surface area contributed by atoms with Gasteiger partial charge < -0.3 is 0 Å². The fraction of sp³-hybridized carbons (Fsp3) is 1.00. The van der Waals surface area contributed by atoms with Gasteiger partial charge in [0.1, 0.15) is 0 Å². The molecule has 0 aromatic heterocycles. The van der Waals surface area contributed by atoms with E-state index >= 15 is 0 Å². The van der Waals surface area contributed by atoms with Crippen molar-refractivity contribution in [2.24, 2.45) is 23.7 Å². The van der Waals surface area contributed by atoms with E-state index in [9.17, 15) is 0 Å². The minimum absolute atomic E-state index is 0.870. The van der Waals surface area contributed by atoms with Gasteiger partial charge in [-0.2, -0.15) is 0 Å². The van der Waals surface area contributed by atoms with Gasteiger partial charge in [-0.15, -0.1) is 0 Å². The van der Waals surface area contributed by atoms with Crippen LogP contribution in [0.1, 0.15) is 80.1 Å². The van der Waals surface area contributed by atoms with Crippen LogP contribution in [0.15, 0.2) is 0 Å². The average Bonchev–Trinajstić information content (AvgIpc) is 2.20. The first-order valence-corrected chi connectivity index (χ1v) is 7.47. The highest BCUT2D eigenvalue weighted by molar-refractivity contribution is 4.68. The van der Waals surface area contributed by atoms with Gasteiger partial charge in [0.2, 0.25) is 0 Å². The molecule has 0 bridgehead atoms. The van der Waals surface area contributed by atoms with Crippen LogP contribution in [0.4, 0.5) is 0 Å². The van der Waals surface area contributed by atoms with Crippen molar-refractivity contribution in [2.75, 3.05) is 0 Å². The normalized spacial score (nSPS) is 15.8. The minimum atomic E-state index is 0.870. The zero-order valence-electron chi connectivity index (χ0n) is 12.6. The molecule has 0 saturated heterocycles. The summed E-state index contributed by atoms with van der Waals surface area (Å²) in [7, 11) is 0. The molecule has 0 N–H and O–H groups in total. The van der Waals surface area contributed by atoms with Gasteiger partial charge in [0.25, 0.3) is 0 Å². The van der Waals surface area contributed by atoms with Crippen LogP contribution in [0.5, 0.6) is 0 Å². The van der Waals surface area contributed by atoms with Gasteiger partial charge in [0.05, 0.1) is 0 Å². The van der Waals surface area contributed by atoms with E-state index in [0.717, 1.165) is 23.7 Å². The molecule has 98 valence electrons. The zero-order chi connectivity index (χ0) is 12.6. The number of hydrogen-bond acceptors (Lipinski definition) is 0. The maximum Gasteiger partial charge on any atom is -0.0388 e. The summed E-state index contributed by atoms with van der Waals surface area (Å²) in [6.07, 6.45) is 8.49. The predicted octanol–water partition coefficient (Wildman–Crippen LogP) is 5.91. The highest BCUT2D eigenvalue weighted by Gasteiger charge is 2.16. The van der Waals surface area contributed by atoms with Gasteiger partial charge in [0.15, 0.2) is 0 Å². The van der Waals surface area contributed by atoms with Crippen molar-refractivity contribution in [3.63, 3.8) is 0 Å². The van der Waals surface area contributed by atoms with Crippen LogP contribution in [0.2, 0.25) is 0 Å². The molecule has 0 heteroatoms. The van der Waals surface area contributed by atoms with Crippen molar-refractivity contribution in [3.05, 3.63) is 0 Å². The van der Waals surface area contributed by atoms with Gasteiger partial charge in [-0.25, -0.2) is 0 Å². The number of rotatable bonds is 9. The summed E-state index contributed by atoms with van der Waals surface area (Å²) in [5.41, 5.74) is 0.